The molecule has 96 valence electrons. The summed E-state index contributed by atoms with van der Waals surface area (Å²) in [6.45, 7) is 0.142. The molecule has 0 saturated heterocycles. The lowest BCUT2D eigenvalue weighted by Crippen LogP contribution is -2.09. The number of aromatic amines is 1. The molecule has 6 nitrogen and oxygen atoms in total. The first-order chi connectivity index (χ1) is 8.45. The van der Waals surface area contributed by atoms with Gasteiger partial charge in [-0.1, -0.05) is 0 Å². The molecule has 0 amide bonds. The molecule has 0 aliphatic carbocycles. The first-order valence-electron chi connectivity index (χ1n) is 4.89. The van der Waals surface area contributed by atoms with Gasteiger partial charge in [0.15, 0.2) is 0 Å². The van der Waals surface area contributed by atoms with Gasteiger partial charge in [0.05, 0.1) is 0 Å². The Balaban J connectivity index is 2.06. The van der Waals surface area contributed by atoms with Crippen molar-refractivity contribution in [3.8, 4) is 0 Å². The number of aromatic nitrogens is 4. The van der Waals surface area contributed by atoms with E-state index in [1.165, 1.54) is 6.07 Å². The maximum Gasteiger partial charge on any atom is 0.433 e. The Kier molecular flexibility index (Phi) is 3.04. The van der Waals surface area contributed by atoms with Gasteiger partial charge in [0, 0.05) is 12.7 Å². The average Bonchev–Trinajstić information content (AvgIpc) is 2.72. The number of halogens is 3. The maximum absolute atomic E-state index is 12.4. The van der Waals surface area contributed by atoms with Crippen LogP contribution in [0.2, 0.25) is 0 Å². The monoisotopic (exact) mass is 258 g/mol. The molecular weight excluding hydrogens is 249 g/mol. The number of hydrogen-bond acceptors (Lipinski definition) is 5. The normalized spacial score (nSPS) is 11.5. The van der Waals surface area contributed by atoms with Crippen molar-refractivity contribution in [2.24, 2.45) is 0 Å². The molecule has 0 bridgehead atoms. The van der Waals surface area contributed by atoms with E-state index in [0.717, 1.165) is 12.3 Å². The summed E-state index contributed by atoms with van der Waals surface area (Å²) >= 11 is 0. The topological polar surface area (TPSA) is 92.5 Å². The fourth-order valence-electron chi connectivity index (χ4n) is 1.27. The molecule has 0 unspecified atom stereocenters. The van der Waals surface area contributed by atoms with Crippen molar-refractivity contribution in [3.05, 3.63) is 29.6 Å². The molecular formula is C9H9F3N6. The van der Waals surface area contributed by atoms with E-state index < -0.39 is 11.9 Å². The Morgan fingerprint density at radius 1 is 1.39 bits per heavy atom. The number of alkyl halides is 3. The van der Waals surface area contributed by atoms with Gasteiger partial charge < -0.3 is 11.1 Å². The molecule has 0 spiro atoms. The highest BCUT2D eigenvalue weighted by Gasteiger charge is 2.32. The van der Waals surface area contributed by atoms with E-state index >= 15 is 0 Å². The number of rotatable bonds is 3. The van der Waals surface area contributed by atoms with Gasteiger partial charge >= 0.3 is 6.18 Å². The molecule has 0 aliphatic heterocycles. The van der Waals surface area contributed by atoms with E-state index in [-0.39, 0.29) is 18.4 Å². The van der Waals surface area contributed by atoms with Crippen molar-refractivity contribution in [1.82, 2.24) is 20.2 Å². The van der Waals surface area contributed by atoms with Gasteiger partial charge in [-0.2, -0.15) is 18.2 Å². The third-order valence-corrected chi connectivity index (χ3v) is 2.07. The zero-order chi connectivity index (χ0) is 13.2. The highest BCUT2D eigenvalue weighted by atomic mass is 19.4. The van der Waals surface area contributed by atoms with Crippen LogP contribution in [-0.4, -0.2) is 20.2 Å². The van der Waals surface area contributed by atoms with Crippen molar-refractivity contribution >= 4 is 11.9 Å². The van der Waals surface area contributed by atoms with E-state index in [1.54, 1.807) is 0 Å². The molecule has 2 aromatic rings. The molecule has 9 heteroatoms. The minimum absolute atomic E-state index is 0.128. The predicted molar refractivity (Wildman–Crippen MR) is 57.4 cm³/mol. The minimum atomic E-state index is -4.45. The zero-order valence-electron chi connectivity index (χ0n) is 8.99. The van der Waals surface area contributed by atoms with Gasteiger partial charge in [-0.3, -0.25) is 4.98 Å². The molecule has 2 aromatic heterocycles. The van der Waals surface area contributed by atoms with Crippen molar-refractivity contribution in [2.75, 3.05) is 11.1 Å². The highest BCUT2D eigenvalue weighted by Crippen LogP contribution is 2.27. The number of pyridine rings is 1. The van der Waals surface area contributed by atoms with Gasteiger partial charge in [-0.25, -0.2) is 5.10 Å². The summed E-state index contributed by atoms with van der Waals surface area (Å²) in [4.78, 5) is 7.02. The number of hydrogen-bond donors (Lipinski definition) is 3. The van der Waals surface area contributed by atoms with Crippen LogP contribution < -0.4 is 11.1 Å². The smallest absolute Gasteiger partial charge is 0.368 e. The van der Waals surface area contributed by atoms with E-state index in [1.807, 2.05) is 0 Å². The summed E-state index contributed by atoms with van der Waals surface area (Å²) in [6, 6.07) is 2.43. The third kappa shape index (κ3) is 2.87. The van der Waals surface area contributed by atoms with Gasteiger partial charge in [-0.15, -0.1) is 5.10 Å². The Hall–Kier alpha value is -2.32. The lowest BCUT2D eigenvalue weighted by atomic mass is 10.2. The number of H-pyrrole nitrogens is 1. The Morgan fingerprint density at radius 3 is 2.78 bits per heavy atom. The first kappa shape index (κ1) is 12.1. The average molecular weight is 258 g/mol. The standard InChI is InChI=1S/C9H9F3N6/c10-9(11,12)6-3-5(1-2-14-6)4-15-8-16-7(13)17-18-8/h1-3H,4H2,(H4,13,15,16,17,18). The fourth-order valence-corrected chi connectivity index (χ4v) is 1.27. The van der Waals surface area contributed by atoms with Gasteiger partial charge in [0.1, 0.15) is 5.69 Å². The third-order valence-electron chi connectivity index (χ3n) is 2.07. The molecule has 2 heterocycles. The van der Waals surface area contributed by atoms with Crippen LogP contribution in [0.5, 0.6) is 0 Å². The maximum atomic E-state index is 12.4. The predicted octanol–water partition coefficient (Wildman–Crippen LogP) is 1.41. The zero-order valence-corrected chi connectivity index (χ0v) is 8.99. The SMILES string of the molecule is Nc1nc(NCc2ccnc(C(F)(F)F)c2)n[nH]1. The van der Waals surface area contributed by atoms with Gasteiger partial charge in [-0.05, 0) is 17.7 Å². The molecule has 18 heavy (non-hydrogen) atoms. The van der Waals surface area contributed by atoms with Crippen LogP contribution >= 0.6 is 0 Å². The Morgan fingerprint density at radius 2 is 2.17 bits per heavy atom. The quantitative estimate of drug-likeness (QED) is 0.774. The van der Waals surface area contributed by atoms with Gasteiger partial charge in [0.25, 0.3) is 0 Å². The van der Waals surface area contributed by atoms with Crippen molar-refractivity contribution in [3.63, 3.8) is 0 Å². The molecule has 0 aliphatic rings. The molecule has 0 radical (unpaired) electrons. The number of anilines is 2. The largest absolute Gasteiger partial charge is 0.433 e. The van der Waals surface area contributed by atoms with Crippen LogP contribution in [0.25, 0.3) is 0 Å². The highest BCUT2D eigenvalue weighted by molar-refractivity contribution is 5.31. The number of nitrogens with zero attached hydrogens (tertiary/aromatic N) is 3. The van der Waals surface area contributed by atoms with Crippen molar-refractivity contribution in [2.45, 2.75) is 12.7 Å². The molecule has 0 saturated carbocycles. The molecule has 0 atom stereocenters. The van der Waals surface area contributed by atoms with Crippen molar-refractivity contribution < 1.29 is 13.2 Å². The number of nitrogen functional groups attached to an aromatic ring is 1. The summed E-state index contributed by atoms with van der Waals surface area (Å²) in [5, 5.41) is 8.83. The van der Waals surface area contributed by atoms with E-state index in [0.29, 0.717) is 5.56 Å². The lowest BCUT2D eigenvalue weighted by Gasteiger charge is -2.07. The number of nitrogens with one attached hydrogen (secondary N) is 2. The second-order valence-electron chi connectivity index (χ2n) is 3.44. The van der Waals surface area contributed by atoms with Crippen LogP contribution in [-0.2, 0) is 12.7 Å². The summed E-state index contributed by atoms with van der Waals surface area (Å²) in [5.74, 6) is 0.348. The van der Waals surface area contributed by atoms with Crippen LogP contribution in [0.4, 0.5) is 25.1 Å². The van der Waals surface area contributed by atoms with E-state index in [9.17, 15) is 13.2 Å². The summed E-state index contributed by atoms with van der Waals surface area (Å²) in [5.41, 5.74) is 4.78. The second kappa shape index (κ2) is 4.51. The van der Waals surface area contributed by atoms with Gasteiger partial charge in [0.2, 0.25) is 11.9 Å². The van der Waals surface area contributed by atoms with Crippen molar-refractivity contribution in [1.29, 1.82) is 0 Å². The van der Waals surface area contributed by atoms with E-state index in [2.05, 4.69) is 25.5 Å². The number of nitrogens with two attached hydrogens (primary N) is 1. The van der Waals surface area contributed by atoms with Crippen LogP contribution in [0.1, 0.15) is 11.3 Å². The van der Waals surface area contributed by atoms with Crippen LogP contribution in [0, 0.1) is 0 Å². The summed E-state index contributed by atoms with van der Waals surface area (Å²) < 4.78 is 37.2. The lowest BCUT2D eigenvalue weighted by molar-refractivity contribution is -0.141. The Bertz CT molecular complexity index is 535. The molecule has 4 N–H and O–H groups in total. The molecule has 0 fully saturated rings. The van der Waals surface area contributed by atoms with E-state index in [4.69, 9.17) is 5.73 Å². The molecule has 0 aromatic carbocycles. The fraction of sp³-hybridized carbons (Fsp3) is 0.222. The summed E-state index contributed by atoms with van der Waals surface area (Å²) in [7, 11) is 0. The van der Waals surface area contributed by atoms with Crippen LogP contribution in [0.3, 0.4) is 0 Å². The first-order valence-corrected chi connectivity index (χ1v) is 4.89. The summed E-state index contributed by atoms with van der Waals surface area (Å²) in [6.07, 6.45) is -3.35. The second-order valence-corrected chi connectivity index (χ2v) is 3.44. The Labute approximate surface area is 99.4 Å². The minimum Gasteiger partial charge on any atom is -0.368 e. The molecule has 2 rings (SSSR count). The van der Waals surface area contributed by atoms with Crippen LogP contribution in [0.15, 0.2) is 18.3 Å².